The van der Waals surface area contributed by atoms with Gasteiger partial charge in [-0.15, -0.1) is 0 Å². The lowest BCUT2D eigenvalue weighted by atomic mass is 10.3. The normalized spacial score (nSPS) is 27.4. The molecule has 1 aliphatic rings. The lowest BCUT2D eigenvalue weighted by Gasteiger charge is -2.16. The van der Waals surface area contributed by atoms with Gasteiger partial charge in [-0.1, -0.05) is 0 Å². The Hall–Kier alpha value is -0.500. The molecule has 0 amide bonds. The van der Waals surface area contributed by atoms with Crippen LogP contribution in [0, 0.1) is 0 Å². The zero-order valence-corrected chi connectivity index (χ0v) is 4.96. The highest BCUT2D eigenvalue weighted by Crippen LogP contribution is 2.09. The van der Waals surface area contributed by atoms with Crippen molar-refractivity contribution in [1.82, 2.24) is 0 Å². The molecule has 0 N–H and O–H groups in total. The monoisotopic (exact) mass is 114 g/mol. The van der Waals surface area contributed by atoms with Crippen molar-refractivity contribution in [3.8, 4) is 0 Å². The molecule has 2 nitrogen and oxygen atoms in total. The highest BCUT2D eigenvalue weighted by molar-refractivity contribution is 4.78. The van der Waals surface area contributed by atoms with Gasteiger partial charge in [0.15, 0.2) is 6.29 Å². The molecule has 0 radical (unpaired) electrons. The van der Waals surface area contributed by atoms with Crippen LogP contribution in [0.3, 0.4) is 0 Å². The van der Waals surface area contributed by atoms with Crippen molar-refractivity contribution in [1.29, 1.82) is 0 Å². The summed E-state index contributed by atoms with van der Waals surface area (Å²) in [6.07, 6.45) is 5.73. The van der Waals surface area contributed by atoms with Gasteiger partial charge in [-0.3, -0.25) is 0 Å². The number of ether oxygens (including phenoxy) is 2. The van der Waals surface area contributed by atoms with E-state index in [2.05, 4.69) is 0 Å². The van der Waals surface area contributed by atoms with Crippen molar-refractivity contribution in [3.05, 3.63) is 12.3 Å². The lowest BCUT2D eigenvalue weighted by molar-refractivity contribution is -0.0920. The maximum absolute atomic E-state index is 5.02. The van der Waals surface area contributed by atoms with Crippen molar-refractivity contribution in [2.75, 3.05) is 7.11 Å². The third-order valence-corrected chi connectivity index (χ3v) is 1.16. The van der Waals surface area contributed by atoms with Crippen molar-refractivity contribution < 1.29 is 9.47 Å². The van der Waals surface area contributed by atoms with Gasteiger partial charge < -0.3 is 9.47 Å². The quantitative estimate of drug-likeness (QED) is 0.511. The van der Waals surface area contributed by atoms with Gasteiger partial charge in [0.05, 0.1) is 6.26 Å². The van der Waals surface area contributed by atoms with E-state index in [1.54, 1.807) is 13.4 Å². The first-order valence-corrected chi connectivity index (χ1v) is 2.77. The van der Waals surface area contributed by atoms with Gasteiger partial charge in [0.1, 0.15) is 0 Å². The van der Waals surface area contributed by atoms with Crippen LogP contribution in [0.25, 0.3) is 0 Å². The van der Waals surface area contributed by atoms with E-state index in [0.717, 1.165) is 12.8 Å². The summed E-state index contributed by atoms with van der Waals surface area (Å²) in [5.41, 5.74) is 0. The van der Waals surface area contributed by atoms with E-state index < -0.39 is 0 Å². The minimum atomic E-state index is -0.000000000000000222. The summed E-state index contributed by atoms with van der Waals surface area (Å²) in [7, 11) is 1.66. The average molecular weight is 114 g/mol. The molecule has 1 atom stereocenters. The van der Waals surface area contributed by atoms with E-state index in [1.807, 2.05) is 6.08 Å². The van der Waals surface area contributed by atoms with Crippen LogP contribution in [-0.4, -0.2) is 13.4 Å². The second-order valence-corrected chi connectivity index (χ2v) is 1.75. The number of rotatable bonds is 1. The van der Waals surface area contributed by atoms with Gasteiger partial charge in [0, 0.05) is 13.5 Å². The molecule has 0 aromatic heterocycles. The number of hydrogen-bond acceptors (Lipinski definition) is 2. The fraction of sp³-hybridized carbons (Fsp3) is 0.667. The third kappa shape index (κ3) is 1.23. The molecule has 8 heavy (non-hydrogen) atoms. The molecule has 1 aliphatic heterocycles. The molecule has 0 bridgehead atoms. The van der Waals surface area contributed by atoms with Gasteiger partial charge in [0.25, 0.3) is 0 Å². The second kappa shape index (κ2) is 2.72. The Balaban J connectivity index is 2.27. The molecule has 1 heterocycles. The molecule has 0 saturated carbocycles. The van der Waals surface area contributed by atoms with E-state index in [0.29, 0.717) is 0 Å². The molecule has 2 heteroatoms. The molecular weight excluding hydrogens is 104 g/mol. The van der Waals surface area contributed by atoms with Gasteiger partial charge in [-0.05, 0) is 12.5 Å². The summed E-state index contributed by atoms with van der Waals surface area (Å²) in [5, 5.41) is 0. The predicted octanol–water partition coefficient (Wildman–Crippen LogP) is 1.28. The Morgan fingerprint density at radius 2 is 2.62 bits per heavy atom. The largest absolute Gasteiger partial charge is 0.473 e. The highest BCUT2D eigenvalue weighted by Gasteiger charge is 2.06. The van der Waals surface area contributed by atoms with Crippen LogP contribution in [0.4, 0.5) is 0 Å². The second-order valence-electron chi connectivity index (χ2n) is 1.75. The molecule has 46 valence electrons. The Labute approximate surface area is 49.1 Å². The first kappa shape index (κ1) is 5.63. The Morgan fingerprint density at radius 3 is 3.00 bits per heavy atom. The van der Waals surface area contributed by atoms with E-state index in [9.17, 15) is 0 Å². The summed E-state index contributed by atoms with van der Waals surface area (Å²) in [5.74, 6) is 0. The first-order chi connectivity index (χ1) is 3.93. The Bertz CT molecular complexity index is 88.5. The van der Waals surface area contributed by atoms with E-state index in [-0.39, 0.29) is 6.29 Å². The van der Waals surface area contributed by atoms with E-state index in [1.165, 1.54) is 0 Å². The minimum absolute atomic E-state index is 0.000000000000000222. The summed E-state index contributed by atoms with van der Waals surface area (Å²) in [4.78, 5) is 0. The van der Waals surface area contributed by atoms with Gasteiger partial charge >= 0.3 is 0 Å². The molecule has 0 aliphatic carbocycles. The minimum Gasteiger partial charge on any atom is -0.473 e. The van der Waals surface area contributed by atoms with Crippen molar-refractivity contribution in [2.45, 2.75) is 19.1 Å². The third-order valence-electron chi connectivity index (χ3n) is 1.16. The molecule has 0 fully saturated rings. The van der Waals surface area contributed by atoms with Crippen LogP contribution in [0.2, 0.25) is 0 Å². The summed E-state index contributed by atoms with van der Waals surface area (Å²) >= 11 is 0. The molecule has 0 aromatic rings. The molecule has 0 saturated heterocycles. The molecule has 0 aromatic carbocycles. The fourth-order valence-electron chi connectivity index (χ4n) is 0.685. The number of allylic oxidation sites excluding steroid dienone is 1. The van der Waals surface area contributed by atoms with E-state index in [4.69, 9.17) is 9.47 Å². The molecular formula is C6H10O2. The summed E-state index contributed by atoms with van der Waals surface area (Å²) in [6.45, 7) is 0. The van der Waals surface area contributed by atoms with Crippen LogP contribution < -0.4 is 0 Å². The lowest BCUT2D eigenvalue weighted by Crippen LogP contribution is -2.13. The fourth-order valence-corrected chi connectivity index (χ4v) is 0.685. The number of hydrogen-bond donors (Lipinski definition) is 0. The Morgan fingerprint density at radius 1 is 1.75 bits per heavy atom. The van der Waals surface area contributed by atoms with Crippen LogP contribution in [0.1, 0.15) is 12.8 Å². The smallest absolute Gasteiger partial charge is 0.198 e. The van der Waals surface area contributed by atoms with Crippen LogP contribution in [0.15, 0.2) is 12.3 Å². The molecule has 0 spiro atoms. The maximum Gasteiger partial charge on any atom is 0.198 e. The van der Waals surface area contributed by atoms with Gasteiger partial charge in [-0.25, -0.2) is 0 Å². The SMILES string of the molecule is CO[C@@H]1CCC=CO1. The van der Waals surface area contributed by atoms with Crippen LogP contribution in [0.5, 0.6) is 0 Å². The van der Waals surface area contributed by atoms with E-state index >= 15 is 0 Å². The zero-order chi connectivity index (χ0) is 5.82. The molecule has 0 unspecified atom stereocenters. The Kier molecular flexibility index (Phi) is 1.92. The summed E-state index contributed by atoms with van der Waals surface area (Å²) in [6, 6.07) is 0. The van der Waals surface area contributed by atoms with Gasteiger partial charge in [0.2, 0.25) is 0 Å². The van der Waals surface area contributed by atoms with Crippen molar-refractivity contribution >= 4 is 0 Å². The van der Waals surface area contributed by atoms with Crippen molar-refractivity contribution in [3.63, 3.8) is 0 Å². The highest BCUT2D eigenvalue weighted by atomic mass is 16.7. The van der Waals surface area contributed by atoms with Gasteiger partial charge in [-0.2, -0.15) is 0 Å². The summed E-state index contributed by atoms with van der Waals surface area (Å²) < 4.78 is 9.94. The topological polar surface area (TPSA) is 18.5 Å². The predicted molar refractivity (Wildman–Crippen MR) is 30.3 cm³/mol. The number of methoxy groups -OCH3 is 1. The van der Waals surface area contributed by atoms with Crippen LogP contribution in [-0.2, 0) is 9.47 Å². The zero-order valence-electron chi connectivity index (χ0n) is 4.96. The van der Waals surface area contributed by atoms with Crippen molar-refractivity contribution in [2.24, 2.45) is 0 Å². The van der Waals surface area contributed by atoms with Crippen LogP contribution >= 0.6 is 0 Å². The average Bonchev–Trinajstić information content (AvgIpc) is 1.90. The first-order valence-electron chi connectivity index (χ1n) is 2.77. The maximum atomic E-state index is 5.02. The molecule has 1 rings (SSSR count). The standard InChI is InChI=1S/C6H10O2/c1-7-6-4-2-3-5-8-6/h3,5-6H,2,4H2,1H3/t6-/m0/s1.